The Balaban J connectivity index is 4.29. The van der Waals surface area contributed by atoms with E-state index >= 15 is 0 Å². The van der Waals surface area contributed by atoms with E-state index in [9.17, 15) is 9.59 Å². The van der Waals surface area contributed by atoms with E-state index in [0.717, 1.165) is 0 Å². The third-order valence-corrected chi connectivity index (χ3v) is 2.10. The van der Waals surface area contributed by atoms with E-state index in [1.807, 2.05) is 13.8 Å². The number of hydrogen-bond donors (Lipinski definition) is 3. The average Bonchev–Trinajstić information content (AvgIpc) is 2.14. The van der Waals surface area contributed by atoms with Crippen LogP contribution >= 0.6 is 0 Å². The lowest BCUT2D eigenvalue weighted by molar-refractivity contribution is -0.142. The Hall–Kier alpha value is -1.10. The lowest BCUT2D eigenvalue weighted by Crippen LogP contribution is -2.48. The predicted molar refractivity (Wildman–Crippen MR) is 57.3 cm³/mol. The molecular formula is C10H20N2O3. The molecule has 0 aromatic carbocycles. The van der Waals surface area contributed by atoms with Gasteiger partial charge in [0.15, 0.2) is 0 Å². The van der Waals surface area contributed by atoms with Gasteiger partial charge in [-0.25, -0.2) is 4.79 Å². The van der Waals surface area contributed by atoms with Crippen molar-refractivity contribution in [2.75, 3.05) is 0 Å². The second-order valence-corrected chi connectivity index (χ2v) is 4.04. The van der Waals surface area contributed by atoms with Gasteiger partial charge in [0.25, 0.3) is 0 Å². The maximum absolute atomic E-state index is 11.4. The molecule has 88 valence electrons. The summed E-state index contributed by atoms with van der Waals surface area (Å²) in [6, 6.07) is -1.46. The summed E-state index contributed by atoms with van der Waals surface area (Å²) < 4.78 is 0. The fourth-order valence-electron chi connectivity index (χ4n) is 1.16. The lowest BCUT2D eigenvalue weighted by atomic mass is 10.0. The normalized spacial score (nSPS) is 14.7. The molecule has 4 N–H and O–H groups in total. The number of hydrogen-bond acceptors (Lipinski definition) is 3. The molecule has 0 aliphatic heterocycles. The molecule has 0 aliphatic rings. The van der Waals surface area contributed by atoms with Crippen LogP contribution < -0.4 is 11.1 Å². The van der Waals surface area contributed by atoms with Crippen LogP contribution in [0.3, 0.4) is 0 Å². The molecule has 0 aliphatic carbocycles. The quantitative estimate of drug-likeness (QED) is 0.597. The number of amides is 1. The van der Waals surface area contributed by atoms with Crippen molar-refractivity contribution >= 4 is 11.9 Å². The molecule has 0 aromatic rings. The van der Waals surface area contributed by atoms with Crippen molar-refractivity contribution in [3.8, 4) is 0 Å². The van der Waals surface area contributed by atoms with E-state index in [1.165, 1.54) is 0 Å². The van der Waals surface area contributed by atoms with E-state index in [1.54, 1.807) is 6.92 Å². The van der Waals surface area contributed by atoms with Gasteiger partial charge in [-0.2, -0.15) is 0 Å². The van der Waals surface area contributed by atoms with Crippen LogP contribution in [0.25, 0.3) is 0 Å². The van der Waals surface area contributed by atoms with Crippen molar-refractivity contribution in [1.29, 1.82) is 0 Å². The van der Waals surface area contributed by atoms with Gasteiger partial charge in [-0.15, -0.1) is 0 Å². The van der Waals surface area contributed by atoms with Crippen molar-refractivity contribution in [3.63, 3.8) is 0 Å². The highest BCUT2D eigenvalue weighted by atomic mass is 16.4. The predicted octanol–water partition coefficient (Wildman–Crippen LogP) is 0.339. The van der Waals surface area contributed by atoms with E-state index in [-0.39, 0.29) is 5.92 Å². The van der Waals surface area contributed by atoms with Crippen LogP contribution in [0.4, 0.5) is 0 Å². The Morgan fingerprint density at radius 1 is 1.40 bits per heavy atom. The van der Waals surface area contributed by atoms with Crippen molar-refractivity contribution < 1.29 is 14.7 Å². The highest BCUT2D eigenvalue weighted by Crippen LogP contribution is 2.05. The summed E-state index contributed by atoms with van der Waals surface area (Å²) in [7, 11) is 0. The summed E-state index contributed by atoms with van der Waals surface area (Å²) in [4.78, 5) is 22.2. The zero-order chi connectivity index (χ0) is 12.0. The van der Waals surface area contributed by atoms with E-state index in [4.69, 9.17) is 10.8 Å². The molecule has 0 bridgehead atoms. The van der Waals surface area contributed by atoms with Gasteiger partial charge in [-0.1, -0.05) is 20.8 Å². The van der Waals surface area contributed by atoms with Crippen molar-refractivity contribution in [1.82, 2.24) is 5.32 Å². The van der Waals surface area contributed by atoms with Gasteiger partial charge in [0.2, 0.25) is 5.91 Å². The molecule has 0 saturated carbocycles. The third-order valence-electron chi connectivity index (χ3n) is 2.10. The van der Waals surface area contributed by atoms with Gasteiger partial charge >= 0.3 is 5.97 Å². The van der Waals surface area contributed by atoms with Crippen LogP contribution in [0.15, 0.2) is 0 Å². The SMILES string of the molecule is CC[C@H](N)C(=O)N[C@H](CC(C)C)C(=O)O. The number of aliphatic carboxylic acids is 1. The summed E-state index contributed by atoms with van der Waals surface area (Å²) in [6.45, 7) is 5.59. The fraction of sp³-hybridized carbons (Fsp3) is 0.800. The van der Waals surface area contributed by atoms with Crippen LogP contribution in [-0.2, 0) is 9.59 Å². The number of carboxylic acids is 1. The highest BCUT2D eigenvalue weighted by Gasteiger charge is 2.23. The van der Waals surface area contributed by atoms with Crippen LogP contribution in [0.5, 0.6) is 0 Å². The van der Waals surface area contributed by atoms with Gasteiger partial charge in [0.05, 0.1) is 6.04 Å². The molecule has 0 fully saturated rings. The number of nitrogens with one attached hydrogen (secondary N) is 1. The van der Waals surface area contributed by atoms with Crippen molar-refractivity contribution in [2.24, 2.45) is 11.7 Å². The van der Waals surface area contributed by atoms with Crippen molar-refractivity contribution in [2.45, 2.75) is 45.7 Å². The summed E-state index contributed by atoms with van der Waals surface area (Å²) >= 11 is 0. The minimum Gasteiger partial charge on any atom is -0.480 e. The minimum absolute atomic E-state index is 0.212. The van der Waals surface area contributed by atoms with Gasteiger partial charge in [-0.05, 0) is 18.8 Å². The van der Waals surface area contributed by atoms with E-state index in [2.05, 4.69) is 5.32 Å². The van der Waals surface area contributed by atoms with Crippen LogP contribution in [0.1, 0.15) is 33.6 Å². The molecule has 0 aromatic heterocycles. The Morgan fingerprint density at radius 2 is 1.93 bits per heavy atom. The molecule has 1 amide bonds. The molecule has 0 heterocycles. The first-order chi connectivity index (χ1) is 6.88. The van der Waals surface area contributed by atoms with Gasteiger partial charge in [-0.3, -0.25) is 4.79 Å². The lowest BCUT2D eigenvalue weighted by Gasteiger charge is -2.18. The molecule has 0 spiro atoms. The molecule has 0 rings (SSSR count). The first kappa shape index (κ1) is 13.9. The second-order valence-electron chi connectivity index (χ2n) is 4.04. The number of carboxylic acid groups (broad SMARTS) is 1. The Kier molecular flexibility index (Phi) is 5.93. The topological polar surface area (TPSA) is 92.4 Å². The number of carbonyl (C=O) groups excluding carboxylic acids is 1. The summed E-state index contributed by atoms with van der Waals surface area (Å²) in [5.74, 6) is -1.20. The zero-order valence-electron chi connectivity index (χ0n) is 9.49. The molecule has 2 atom stereocenters. The Morgan fingerprint density at radius 3 is 2.27 bits per heavy atom. The number of nitrogens with two attached hydrogens (primary N) is 1. The third kappa shape index (κ3) is 5.37. The van der Waals surface area contributed by atoms with Crippen LogP contribution in [0.2, 0.25) is 0 Å². The van der Waals surface area contributed by atoms with Gasteiger partial charge in [0.1, 0.15) is 6.04 Å². The first-order valence-corrected chi connectivity index (χ1v) is 5.17. The van der Waals surface area contributed by atoms with E-state index in [0.29, 0.717) is 12.8 Å². The Labute approximate surface area is 90.0 Å². The molecular weight excluding hydrogens is 196 g/mol. The largest absolute Gasteiger partial charge is 0.480 e. The Bertz CT molecular complexity index is 229. The molecule has 5 nitrogen and oxygen atoms in total. The molecule has 0 unspecified atom stereocenters. The summed E-state index contributed by atoms with van der Waals surface area (Å²) in [5.41, 5.74) is 5.49. The summed E-state index contributed by atoms with van der Waals surface area (Å²) in [5, 5.41) is 11.3. The molecule has 0 saturated heterocycles. The van der Waals surface area contributed by atoms with Gasteiger partial charge < -0.3 is 16.2 Å². The number of carbonyl (C=O) groups is 2. The maximum atomic E-state index is 11.4. The highest BCUT2D eigenvalue weighted by molar-refractivity contribution is 5.86. The second kappa shape index (κ2) is 6.40. The smallest absolute Gasteiger partial charge is 0.326 e. The number of rotatable bonds is 6. The molecule has 15 heavy (non-hydrogen) atoms. The van der Waals surface area contributed by atoms with Crippen LogP contribution in [-0.4, -0.2) is 29.1 Å². The average molecular weight is 216 g/mol. The van der Waals surface area contributed by atoms with E-state index < -0.39 is 24.0 Å². The molecule has 5 heteroatoms. The van der Waals surface area contributed by atoms with Gasteiger partial charge in [0, 0.05) is 0 Å². The molecule has 0 radical (unpaired) electrons. The van der Waals surface area contributed by atoms with Crippen LogP contribution in [0, 0.1) is 5.92 Å². The standard InChI is InChI=1S/C10H20N2O3/c1-4-7(11)9(13)12-8(10(14)15)5-6(2)3/h6-8H,4-5,11H2,1-3H3,(H,12,13)(H,14,15)/t7-,8+/m0/s1. The fourth-order valence-corrected chi connectivity index (χ4v) is 1.16. The monoisotopic (exact) mass is 216 g/mol. The summed E-state index contributed by atoms with van der Waals surface area (Å²) in [6.07, 6.45) is 0.914. The first-order valence-electron chi connectivity index (χ1n) is 5.17. The minimum atomic E-state index is -1.01. The van der Waals surface area contributed by atoms with Crippen molar-refractivity contribution in [3.05, 3.63) is 0 Å². The zero-order valence-corrected chi connectivity index (χ0v) is 9.49. The maximum Gasteiger partial charge on any atom is 0.326 e.